The maximum atomic E-state index is 12.8. The second-order valence-electron chi connectivity index (χ2n) is 3.51. The number of H-pyrrole nitrogens is 1. The SMILES string of the molecule is O=C(O)c1cn[nH]c1-c1ccccc1C(F)(F)F. The highest BCUT2D eigenvalue weighted by Gasteiger charge is 2.34. The van der Waals surface area contributed by atoms with Crippen molar-refractivity contribution in [2.45, 2.75) is 6.18 Å². The predicted molar refractivity (Wildman–Crippen MR) is 56.0 cm³/mol. The molecule has 4 nitrogen and oxygen atoms in total. The number of aromatic amines is 1. The smallest absolute Gasteiger partial charge is 0.417 e. The lowest BCUT2D eigenvalue weighted by Crippen LogP contribution is -2.08. The third-order valence-corrected chi connectivity index (χ3v) is 2.37. The van der Waals surface area contributed by atoms with Gasteiger partial charge in [0.1, 0.15) is 5.56 Å². The summed E-state index contributed by atoms with van der Waals surface area (Å²) in [5.41, 5.74) is -1.60. The van der Waals surface area contributed by atoms with Crippen molar-refractivity contribution in [2.24, 2.45) is 0 Å². The van der Waals surface area contributed by atoms with E-state index in [0.717, 1.165) is 12.3 Å². The lowest BCUT2D eigenvalue weighted by molar-refractivity contribution is -0.137. The number of aromatic nitrogens is 2. The first-order chi connectivity index (χ1) is 8.41. The van der Waals surface area contributed by atoms with E-state index in [4.69, 9.17) is 5.11 Å². The number of hydrogen-bond acceptors (Lipinski definition) is 2. The molecular formula is C11H7F3N2O2. The van der Waals surface area contributed by atoms with E-state index in [1.54, 1.807) is 0 Å². The quantitative estimate of drug-likeness (QED) is 0.868. The Morgan fingerprint density at radius 1 is 1.28 bits per heavy atom. The van der Waals surface area contributed by atoms with Crippen LogP contribution in [0.3, 0.4) is 0 Å². The molecule has 0 saturated heterocycles. The van der Waals surface area contributed by atoms with E-state index in [2.05, 4.69) is 10.2 Å². The second-order valence-corrected chi connectivity index (χ2v) is 3.51. The number of aromatic carboxylic acids is 1. The first-order valence-electron chi connectivity index (χ1n) is 4.84. The Hall–Kier alpha value is -2.31. The van der Waals surface area contributed by atoms with Crippen LogP contribution < -0.4 is 0 Å². The molecule has 0 aliphatic carbocycles. The summed E-state index contributed by atoms with van der Waals surface area (Å²) in [6.45, 7) is 0. The van der Waals surface area contributed by atoms with Gasteiger partial charge in [-0.15, -0.1) is 0 Å². The number of nitrogens with one attached hydrogen (secondary N) is 1. The highest BCUT2D eigenvalue weighted by Crippen LogP contribution is 2.37. The minimum Gasteiger partial charge on any atom is -0.478 e. The van der Waals surface area contributed by atoms with Gasteiger partial charge in [0.05, 0.1) is 17.5 Å². The van der Waals surface area contributed by atoms with Gasteiger partial charge in [-0.1, -0.05) is 18.2 Å². The number of carboxylic acids is 1. The molecule has 0 amide bonds. The van der Waals surface area contributed by atoms with Crippen LogP contribution in [0.1, 0.15) is 15.9 Å². The molecule has 7 heteroatoms. The van der Waals surface area contributed by atoms with Crippen LogP contribution in [0.15, 0.2) is 30.5 Å². The zero-order chi connectivity index (χ0) is 13.3. The Bertz CT molecular complexity index is 590. The molecule has 1 heterocycles. The predicted octanol–water partition coefficient (Wildman–Crippen LogP) is 2.79. The number of hydrogen-bond donors (Lipinski definition) is 2. The van der Waals surface area contributed by atoms with Crippen molar-refractivity contribution in [2.75, 3.05) is 0 Å². The molecule has 0 spiro atoms. The maximum Gasteiger partial charge on any atom is 0.417 e. The lowest BCUT2D eigenvalue weighted by Gasteiger charge is -2.11. The van der Waals surface area contributed by atoms with Crippen LogP contribution in [0.5, 0.6) is 0 Å². The molecule has 0 bridgehead atoms. The van der Waals surface area contributed by atoms with E-state index < -0.39 is 17.7 Å². The number of nitrogens with zero attached hydrogens (tertiary/aromatic N) is 1. The molecule has 0 unspecified atom stereocenters. The van der Waals surface area contributed by atoms with Crippen LogP contribution in [0.25, 0.3) is 11.3 Å². The number of halogens is 3. The van der Waals surface area contributed by atoms with Crippen molar-refractivity contribution >= 4 is 5.97 Å². The number of carboxylic acid groups (broad SMARTS) is 1. The van der Waals surface area contributed by atoms with Crippen molar-refractivity contribution in [3.8, 4) is 11.3 Å². The molecule has 0 aliphatic heterocycles. The molecule has 1 aromatic carbocycles. The Morgan fingerprint density at radius 3 is 2.56 bits per heavy atom. The van der Waals surface area contributed by atoms with Gasteiger partial charge >= 0.3 is 12.1 Å². The van der Waals surface area contributed by atoms with Crippen LogP contribution in [0.4, 0.5) is 13.2 Å². The summed E-state index contributed by atoms with van der Waals surface area (Å²) in [5.74, 6) is -1.34. The Kier molecular flexibility index (Phi) is 2.82. The molecule has 0 aliphatic rings. The summed E-state index contributed by atoms with van der Waals surface area (Å²) in [6.07, 6.45) is -3.58. The molecule has 18 heavy (non-hydrogen) atoms. The number of carbonyl (C=O) groups is 1. The van der Waals surface area contributed by atoms with Crippen LogP contribution in [-0.2, 0) is 6.18 Å². The fourth-order valence-corrected chi connectivity index (χ4v) is 1.60. The van der Waals surface area contributed by atoms with Gasteiger partial charge in [0, 0.05) is 5.56 Å². The highest BCUT2D eigenvalue weighted by atomic mass is 19.4. The van der Waals surface area contributed by atoms with Crippen molar-refractivity contribution in [1.82, 2.24) is 10.2 Å². The van der Waals surface area contributed by atoms with Crippen molar-refractivity contribution in [1.29, 1.82) is 0 Å². The van der Waals surface area contributed by atoms with Crippen LogP contribution in [0.2, 0.25) is 0 Å². The van der Waals surface area contributed by atoms with Gasteiger partial charge in [-0.05, 0) is 6.07 Å². The van der Waals surface area contributed by atoms with Gasteiger partial charge in [-0.2, -0.15) is 18.3 Å². The molecule has 0 saturated carbocycles. The monoisotopic (exact) mass is 256 g/mol. The topological polar surface area (TPSA) is 66.0 Å². The Morgan fingerprint density at radius 2 is 1.94 bits per heavy atom. The van der Waals surface area contributed by atoms with Gasteiger partial charge in [-0.3, -0.25) is 5.10 Å². The van der Waals surface area contributed by atoms with Crippen LogP contribution in [0, 0.1) is 0 Å². The first kappa shape index (κ1) is 12.2. The summed E-state index contributed by atoms with van der Waals surface area (Å²) in [5, 5.41) is 14.6. The average Bonchev–Trinajstić information content (AvgIpc) is 2.76. The molecule has 94 valence electrons. The molecule has 0 atom stereocenters. The summed E-state index contributed by atoms with van der Waals surface area (Å²) in [6, 6.07) is 4.73. The fourth-order valence-electron chi connectivity index (χ4n) is 1.60. The zero-order valence-corrected chi connectivity index (χ0v) is 8.82. The molecule has 1 aromatic heterocycles. The third kappa shape index (κ3) is 2.06. The summed E-state index contributed by atoms with van der Waals surface area (Å²) in [7, 11) is 0. The van der Waals surface area contributed by atoms with E-state index in [9.17, 15) is 18.0 Å². The van der Waals surface area contributed by atoms with Gasteiger partial charge in [-0.25, -0.2) is 4.79 Å². The second kappa shape index (κ2) is 4.17. The normalized spacial score (nSPS) is 11.5. The van der Waals surface area contributed by atoms with E-state index in [0.29, 0.717) is 0 Å². The lowest BCUT2D eigenvalue weighted by atomic mass is 10.0. The van der Waals surface area contributed by atoms with E-state index in [1.807, 2.05) is 0 Å². The molecule has 0 fully saturated rings. The number of rotatable bonds is 2. The molecule has 2 N–H and O–H groups in total. The van der Waals surface area contributed by atoms with Gasteiger partial charge < -0.3 is 5.11 Å². The van der Waals surface area contributed by atoms with Gasteiger partial charge in [0.25, 0.3) is 0 Å². The number of alkyl halides is 3. The largest absolute Gasteiger partial charge is 0.478 e. The van der Waals surface area contributed by atoms with E-state index >= 15 is 0 Å². The first-order valence-corrected chi connectivity index (χ1v) is 4.84. The number of benzene rings is 1. The Balaban J connectivity index is 2.65. The fraction of sp³-hybridized carbons (Fsp3) is 0.0909. The summed E-state index contributed by atoms with van der Waals surface area (Å²) < 4.78 is 38.4. The Labute approximate surface area is 99.1 Å². The van der Waals surface area contributed by atoms with Crippen LogP contribution in [-0.4, -0.2) is 21.3 Å². The minimum absolute atomic E-state index is 0.157. The van der Waals surface area contributed by atoms with Crippen molar-refractivity contribution in [3.05, 3.63) is 41.6 Å². The standard InChI is InChI=1S/C11H7F3N2O2/c12-11(13,14)8-4-2-1-3-6(8)9-7(10(17)18)5-15-16-9/h1-5H,(H,15,16)(H,17,18). The van der Waals surface area contributed by atoms with Crippen molar-refractivity contribution < 1.29 is 23.1 Å². The van der Waals surface area contributed by atoms with E-state index in [1.165, 1.54) is 18.2 Å². The summed E-state index contributed by atoms with van der Waals surface area (Å²) >= 11 is 0. The van der Waals surface area contributed by atoms with Crippen LogP contribution >= 0.6 is 0 Å². The molecule has 2 rings (SSSR count). The maximum absolute atomic E-state index is 12.8. The van der Waals surface area contributed by atoms with E-state index in [-0.39, 0.29) is 16.8 Å². The van der Waals surface area contributed by atoms with Crippen molar-refractivity contribution in [3.63, 3.8) is 0 Å². The molecule has 0 radical (unpaired) electrons. The molecule has 2 aromatic rings. The minimum atomic E-state index is -4.56. The third-order valence-electron chi connectivity index (χ3n) is 2.37. The average molecular weight is 256 g/mol. The highest BCUT2D eigenvalue weighted by molar-refractivity contribution is 5.95. The van der Waals surface area contributed by atoms with Gasteiger partial charge in [0.15, 0.2) is 0 Å². The zero-order valence-electron chi connectivity index (χ0n) is 8.82. The molecular weight excluding hydrogens is 249 g/mol. The summed E-state index contributed by atoms with van der Waals surface area (Å²) in [4.78, 5) is 10.9. The van der Waals surface area contributed by atoms with Gasteiger partial charge in [0.2, 0.25) is 0 Å².